The lowest BCUT2D eigenvalue weighted by Gasteiger charge is -2.33. The number of rotatable bonds is 5. The molecule has 1 amide bonds. The van der Waals surface area contributed by atoms with E-state index in [1.165, 1.54) is 12.3 Å². The molecular weight excluding hydrogens is 452 g/mol. The number of fused-ring (bicyclic) bond motifs is 1. The number of halogens is 2. The molecule has 5 rings (SSSR count). The lowest BCUT2D eigenvalue weighted by Crippen LogP contribution is -2.44. The molecule has 0 bridgehead atoms. The largest absolute Gasteiger partial charge is 0.354 e. The van der Waals surface area contributed by atoms with Crippen LogP contribution >= 0.6 is 0 Å². The number of nitrogens with zero attached hydrogens (tertiary/aromatic N) is 6. The normalized spacial score (nSPS) is 14.5. The van der Waals surface area contributed by atoms with Gasteiger partial charge in [0.25, 0.3) is 12.3 Å². The molecule has 1 aliphatic rings. The predicted molar refractivity (Wildman–Crippen MR) is 130 cm³/mol. The summed E-state index contributed by atoms with van der Waals surface area (Å²) in [5, 5.41) is 3.54. The number of hydrogen-bond donors (Lipinski definition) is 1. The maximum Gasteiger partial charge on any atom is 0.265 e. The highest BCUT2D eigenvalue weighted by atomic mass is 19.3. The van der Waals surface area contributed by atoms with Gasteiger partial charge in [-0.1, -0.05) is 0 Å². The Kier molecular flexibility index (Phi) is 6.28. The van der Waals surface area contributed by atoms with Crippen molar-refractivity contribution in [3.8, 4) is 11.1 Å². The molecule has 0 aliphatic carbocycles. The van der Waals surface area contributed by atoms with Crippen LogP contribution in [0.3, 0.4) is 0 Å². The zero-order valence-electron chi connectivity index (χ0n) is 19.0. The number of nitrogens with one attached hydrogen (secondary N) is 1. The van der Waals surface area contributed by atoms with E-state index in [-0.39, 0.29) is 11.5 Å². The molecule has 35 heavy (non-hydrogen) atoms. The number of anilines is 2. The van der Waals surface area contributed by atoms with Gasteiger partial charge in [-0.3, -0.25) is 14.8 Å². The van der Waals surface area contributed by atoms with Crippen LogP contribution in [0.15, 0.2) is 61.3 Å². The van der Waals surface area contributed by atoms with Gasteiger partial charge in [0.15, 0.2) is 0 Å². The molecule has 0 unspecified atom stereocenters. The Labute approximate surface area is 200 Å². The number of amides is 1. The van der Waals surface area contributed by atoms with Crippen LogP contribution in [0.2, 0.25) is 0 Å². The van der Waals surface area contributed by atoms with Gasteiger partial charge in [-0.25, -0.2) is 18.7 Å². The van der Waals surface area contributed by atoms with Crippen LogP contribution in [0.5, 0.6) is 0 Å². The van der Waals surface area contributed by atoms with Crippen LogP contribution in [-0.4, -0.2) is 64.0 Å². The first-order chi connectivity index (χ1) is 17.0. The third-order valence-corrected chi connectivity index (χ3v) is 5.99. The topological polar surface area (TPSA) is 87.1 Å². The van der Waals surface area contributed by atoms with Gasteiger partial charge in [-0.05, 0) is 37.4 Å². The summed E-state index contributed by atoms with van der Waals surface area (Å²) in [5.74, 6) is 0.831. The van der Waals surface area contributed by atoms with Crippen LogP contribution in [0.1, 0.15) is 22.3 Å². The van der Waals surface area contributed by atoms with Gasteiger partial charge in [0.05, 0.1) is 11.7 Å². The van der Waals surface area contributed by atoms with Crippen molar-refractivity contribution in [2.45, 2.75) is 6.43 Å². The molecule has 1 aliphatic heterocycles. The van der Waals surface area contributed by atoms with E-state index in [4.69, 9.17) is 0 Å². The minimum Gasteiger partial charge on any atom is -0.354 e. The smallest absolute Gasteiger partial charge is 0.265 e. The van der Waals surface area contributed by atoms with Gasteiger partial charge >= 0.3 is 0 Å². The summed E-state index contributed by atoms with van der Waals surface area (Å²) in [6.07, 6.45) is 4.84. The lowest BCUT2D eigenvalue weighted by molar-refractivity contribution is 0.102. The summed E-state index contributed by atoms with van der Waals surface area (Å²) < 4.78 is 26.1. The van der Waals surface area contributed by atoms with Crippen molar-refractivity contribution in [3.63, 3.8) is 0 Å². The number of likely N-dealkylation sites (N-methyl/N-ethyl adjacent to an activating group) is 1. The molecule has 1 fully saturated rings. The van der Waals surface area contributed by atoms with Crippen LogP contribution < -0.4 is 10.2 Å². The molecule has 5 heterocycles. The van der Waals surface area contributed by atoms with Gasteiger partial charge < -0.3 is 15.1 Å². The number of piperazine rings is 1. The first-order valence-corrected chi connectivity index (χ1v) is 11.2. The van der Waals surface area contributed by atoms with Gasteiger partial charge in [-0.15, -0.1) is 0 Å². The quantitative estimate of drug-likeness (QED) is 0.466. The Morgan fingerprint density at radius 1 is 0.943 bits per heavy atom. The second kappa shape index (κ2) is 9.67. The molecule has 8 nitrogen and oxygen atoms in total. The number of carbonyl (C=O) groups excluding carboxylic acids is 1. The summed E-state index contributed by atoms with van der Waals surface area (Å²) in [5.41, 5.74) is 2.12. The Balaban J connectivity index is 1.36. The molecule has 0 atom stereocenters. The third kappa shape index (κ3) is 5.07. The van der Waals surface area contributed by atoms with Crippen molar-refractivity contribution < 1.29 is 13.6 Å². The first kappa shape index (κ1) is 22.7. The second-order valence-corrected chi connectivity index (χ2v) is 8.44. The average Bonchev–Trinajstić information content (AvgIpc) is 2.89. The van der Waals surface area contributed by atoms with Crippen molar-refractivity contribution in [1.29, 1.82) is 0 Å². The molecule has 178 valence electrons. The summed E-state index contributed by atoms with van der Waals surface area (Å²) in [7, 11) is 2.08. The zero-order chi connectivity index (χ0) is 24.4. The SMILES string of the molecule is CN1CCN(c2cc(C(=O)Nc3cc4cc(-c5cncc(C(F)F)c5)cnc4cn3)ccn2)CC1. The molecule has 0 radical (unpaired) electrons. The minimum atomic E-state index is -2.60. The summed E-state index contributed by atoms with van der Waals surface area (Å²) in [4.78, 5) is 34.3. The number of hydrogen-bond acceptors (Lipinski definition) is 7. The fourth-order valence-electron chi connectivity index (χ4n) is 3.95. The molecular formula is C25H23F2N7O. The van der Waals surface area contributed by atoms with Crippen molar-refractivity contribution in [2.24, 2.45) is 0 Å². The minimum absolute atomic E-state index is 0.154. The van der Waals surface area contributed by atoms with E-state index in [0.29, 0.717) is 33.4 Å². The van der Waals surface area contributed by atoms with Gasteiger partial charge in [-0.2, -0.15) is 0 Å². The van der Waals surface area contributed by atoms with Crippen molar-refractivity contribution in [1.82, 2.24) is 24.8 Å². The Morgan fingerprint density at radius 3 is 2.54 bits per heavy atom. The number of pyridine rings is 4. The summed E-state index contributed by atoms with van der Waals surface area (Å²) in [6.45, 7) is 3.59. The van der Waals surface area contributed by atoms with Crippen LogP contribution in [0.25, 0.3) is 22.0 Å². The van der Waals surface area contributed by atoms with Crippen LogP contribution in [-0.2, 0) is 0 Å². The van der Waals surface area contributed by atoms with Crippen LogP contribution in [0, 0.1) is 0 Å². The van der Waals surface area contributed by atoms with Gasteiger partial charge in [0, 0.05) is 78.6 Å². The van der Waals surface area contributed by atoms with E-state index >= 15 is 0 Å². The fraction of sp³-hybridized carbons (Fsp3) is 0.240. The Bertz CT molecular complexity index is 1370. The van der Waals surface area contributed by atoms with Crippen molar-refractivity contribution in [2.75, 3.05) is 43.4 Å². The van der Waals surface area contributed by atoms with E-state index in [1.54, 1.807) is 36.8 Å². The number of alkyl halides is 2. The maximum absolute atomic E-state index is 13.1. The maximum atomic E-state index is 13.1. The van der Waals surface area contributed by atoms with Gasteiger partial charge in [0.1, 0.15) is 11.6 Å². The zero-order valence-corrected chi connectivity index (χ0v) is 19.0. The summed E-state index contributed by atoms with van der Waals surface area (Å²) >= 11 is 0. The highest BCUT2D eigenvalue weighted by Gasteiger charge is 2.17. The lowest BCUT2D eigenvalue weighted by atomic mass is 10.1. The highest BCUT2D eigenvalue weighted by Crippen LogP contribution is 2.27. The van der Waals surface area contributed by atoms with Crippen molar-refractivity contribution in [3.05, 3.63) is 72.4 Å². The third-order valence-electron chi connectivity index (χ3n) is 5.99. The Morgan fingerprint density at radius 2 is 1.74 bits per heavy atom. The van der Waals surface area contributed by atoms with Crippen LogP contribution in [0.4, 0.5) is 20.4 Å². The molecule has 4 aromatic heterocycles. The molecule has 0 spiro atoms. The van der Waals surface area contributed by atoms with E-state index in [9.17, 15) is 13.6 Å². The molecule has 0 saturated carbocycles. The molecule has 10 heteroatoms. The monoisotopic (exact) mass is 475 g/mol. The fourth-order valence-corrected chi connectivity index (χ4v) is 3.95. The number of carbonyl (C=O) groups is 1. The second-order valence-electron chi connectivity index (χ2n) is 8.44. The van der Waals surface area contributed by atoms with Crippen molar-refractivity contribution >= 4 is 28.4 Å². The predicted octanol–water partition coefficient (Wildman–Crippen LogP) is 4.03. The average molecular weight is 476 g/mol. The molecule has 1 saturated heterocycles. The standard InChI is InChI=1S/C25H23F2N7O/c1-33-4-6-34(7-5-33)23-11-16(2-3-29-23)25(35)32-22-10-17-8-19(14-30-21(17)15-31-22)18-9-20(24(26)27)13-28-12-18/h2-3,8-15,24H,4-7H2,1H3,(H,31,32,35). The van der Waals surface area contributed by atoms with E-state index in [1.807, 2.05) is 6.07 Å². The highest BCUT2D eigenvalue weighted by molar-refractivity contribution is 6.04. The first-order valence-electron chi connectivity index (χ1n) is 11.2. The van der Waals surface area contributed by atoms with E-state index in [2.05, 4.69) is 42.1 Å². The summed E-state index contributed by atoms with van der Waals surface area (Å²) in [6, 6.07) is 8.36. The number of aromatic nitrogens is 4. The molecule has 0 aromatic carbocycles. The van der Waals surface area contributed by atoms with E-state index < -0.39 is 6.43 Å². The Hall–Kier alpha value is -4.05. The van der Waals surface area contributed by atoms with Gasteiger partial charge in [0.2, 0.25) is 0 Å². The molecule has 4 aromatic rings. The van der Waals surface area contributed by atoms with E-state index in [0.717, 1.165) is 38.2 Å². The molecule has 1 N–H and O–H groups in total.